The van der Waals surface area contributed by atoms with Crippen LogP contribution in [0.2, 0.25) is 0 Å². The largest absolute Gasteiger partial charge is 0.493 e. The fourth-order valence-corrected chi connectivity index (χ4v) is 2.93. The van der Waals surface area contributed by atoms with Gasteiger partial charge in [0, 0.05) is 11.1 Å². The molecule has 3 rings (SSSR count). The number of hydrogen-bond donors (Lipinski definition) is 1. The van der Waals surface area contributed by atoms with E-state index in [1.807, 2.05) is 68.4 Å². The monoisotopic (exact) mass is 432 g/mol. The lowest BCUT2D eigenvalue weighted by atomic mass is 10.2. The molecule has 0 aliphatic heterocycles. The first kappa shape index (κ1) is 22.9. The number of para-hydroxylation sites is 1. The zero-order valence-corrected chi connectivity index (χ0v) is 18.4. The van der Waals surface area contributed by atoms with Gasteiger partial charge < -0.3 is 14.2 Å². The molecule has 3 aromatic carbocycles. The molecule has 0 saturated heterocycles. The van der Waals surface area contributed by atoms with Crippen molar-refractivity contribution < 1.29 is 19.0 Å². The molecule has 1 amide bonds. The minimum absolute atomic E-state index is 0.344. The molecule has 3 aromatic rings. The van der Waals surface area contributed by atoms with Crippen molar-refractivity contribution in [2.24, 2.45) is 5.10 Å². The lowest BCUT2D eigenvalue weighted by Gasteiger charge is -2.13. The average Bonchev–Trinajstić information content (AvgIpc) is 2.83. The first-order chi connectivity index (χ1) is 15.7. The second kappa shape index (κ2) is 12.2. The van der Waals surface area contributed by atoms with Gasteiger partial charge >= 0.3 is 0 Å². The van der Waals surface area contributed by atoms with E-state index in [9.17, 15) is 4.79 Å². The first-order valence-electron chi connectivity index (χ1n) is 10.7. The minimum atomic E-state index is -0.344. The Morgan fingerprint density at radius 3 is 2.44 bits per heavy atom. The number of amides is 1. The molecule has 0 fully saturated rings. The van der Waals surface area contributed by atoms with E-state index < -0.39 is 0 Å². The molecule has 32 heavy (non-hydrogen) atoms. The molecule has 1 N–H and O–H groups in total. The van der Waals surface area contributed by atoms with Crippen molar-refractivity contribution >= 4 is 12.1 Å². The highest BCUT2D eigenvalue weighted by atomic mass is 16.5. The molecule has 0 bridgehead atoms. The first-order valence-corrected chi connectivity index (χ1v) is 10.7. The van der Waals surface area contributed by atoms with Gasteiger partial charge in [0.2, 0.25) is 0 Å². The summed E-state index contributed by atoms with van der Waals surface area (Å²) in [6, 6.07) is 22.5. The van der Waals surface area contributed by atoms with Crippen molar-refractivity contribution in [3.8, 4) is 17.2 Å². The third-order valence-electron chi connectivity index (χ3n) is 4.49. The number of carbonyl (C=O) groups is 1. The summed E-state index contributed by atoms with van der Waals surface area (Å²) in [5.41, 5.74) is 4.82. The number of nitrogens with one attached hydrogen (secondary N) is 1. The van der Waals surface area contributed by atoms with Gasteiger partial charge in [0.25, 0.3) is 5.91 Å². The third kappa shape index (κ3) is 6.60. The molecule has 0 heterocycles. The number of ether oxygens (including phenoxy) is 3. The van der Waals surface area contributed by atoms with Crippen LogP contribution in [0.5, 0.6) is 17.2 Å². The lowest BCUT2D eigenvalue weighted by molar-refractivity contribution is 0.0954. The van der Waals surface area contributed by atoms with Gasteiger partial charge in [-0.2, -0.15) is 5.10 Å². The van der Waals surface area contributed by atoms with Gasteiger partial charge in [-0.15, -0.1) is 0 Å². The molecular weight excluding hydrogens is 404 g/mol. The molecule has 0 radical (unpaired) electrons. The molecule has 0 unspecified atom stereocenters. The van der Waals surface area contributed by atoms with Crippen molar-refractivity contribution in [2.45, 2.75) is 26.9 Å². The van der Waals surface area contributed by atoms with Gasteiger partial charge in [-0.1, -0.05) is 49.4 Å². The summed E-state index contributed by atoms with van der Waals surface area (Å²) in [5, 5.41) is 4.08. The molecule has 0 aliphatic carbocycles. The Morgan fingerprint density at radius 1 is 0.875 bits per heavy atom. The van der Waals surface area contributed by atoms with Gasteiger partial charge in [0.15, 0.2) is 11.5 Å². The predicted octanol–water partition coefficient (Wildman–Crippen LogP) is 5.22. The fourth-order valence-electron chi connectivity index (χ4n) is 2.93. The highest BCUT2D eigenvalue weighted by molar-refractivity contribution is 5.95. The van der Waals surface area contributed by atoms with Crippen LogP contribution in [0.25, 0.3) is 0 Å². The van der Waals surface area contributed by atoms with Gasteiger partial charge in [-0.3, -0.25) is 4.79 Å². The second-order valence-corrected chi connectivity index (χ2v) is 6.95. The van der Waals surface area contributed by atoms with Gasteiger partial charge in [-0.25, -0.2) is 5.43 Å². The zero-order chi connectivity index (χ0) is 22.6. The Bertz CT molecular complexity index is 1040. The van der Waals surface area contributed by atoms with E-state index in [1.54, 1.807) is 24.4 Å². The summed E-state index contributed by atoms with van der Waals surface area (Å²) in [5.74, 6) is 1.48. The molecule has 0 aromatic heterocycles. The topological polar surface area (TPSA) is 69.2 Å². The van der Waals surface area contributed by atoms with Crippen molar-refractivity contribution in [3.05, 3.63) is 89.5 Å². The van der Waals surface area contributed by atoms with Crippen molar-refractivity contribution in [2.75, 3.05) is 13.2 Å². The maximum Gasteiger partial charge on any atom is 0.271 e. The molecule has 0 aliphatic rings. The Kier molecular flexibility index (Phi) is 8.69. The maximum atomic E-state index is 12.6. The van der Waals surface area contributed by atoms with Crippen LogP contribution in [-0.2, 0) is 6.61 Å². The summed E-state index contributed by atoms with van der Waals surface area (Å²) in [4.78, 5) is 12.6. The molecule has 0 spiro atoms. The zero-order valence-electron chi connectivity index (χ0n) is 18.4. The van der Waals surface area contributed by atoms with E-state index in [1.165, 1.54) is 0 Å². The van der Waals surface area contributed by atoms with Crippen LogP contribution in [0, 0.1) is 0 Å². The maximum absolute atomic E-state index is 12.6. The molecule has 6 nitrogen and oxygen atoms in total. The summed E-state index contributed by atoms with van der Waals surface area (Å²) < 4.78 is 17.3. The molecule has 6 heteroatoms. The lowest BCUT2D eigenvalue weighted by Crippen LogP contribution is -2.18. The molecule has 0 atom stereocenters. The number of benzene rings is 3. The standard InChI is InChI=1S/C26H28N2O4/c1-3-16-31-23-13-9-8-12-22(23)18-27-28-26(29)21-14-15-24(25(17-21)30-4-2)32-19-20-10-6-5-7-11-20/h5-15,17-18H,3-4,16,19H2,1-2H3,(H,28,29)/b27-18+. The summed E-state index contributed by atoms with van der Waals surface area (Å²) in [6.45, 7) is 5.42. The second-order valence-electron chi connectivity index (χ2n) is 6.95. The number of hydrazone groups is 1. The predicted molar refractivity (Wildman–Crippen MR) is 126 cm³/mol. The van der Waals surface area contributed by atoms with Crippen LogP contribution in [0.3, 0.4) is 0 Å². The van der Waals surface area contributed by atoms with Crippen molar-refractivity contribution in [1.29, 1.82) is 0 Å². The van der Waals surface area contributed by atoms with Crippen LogP contribution >= 0.6 is 0 Å². The van der Waals surface area contributed by atoms with Crippen LogP contribution in [0.1, 0.15) is 41.8 Å². The molecular formula is C26H28N2O4. The Balaban J connectivity index is 1.66. The highest BCUT2D eigenvalue weighted by Gasteiger charge is 2.12. The minimum Gasteiger partial charge on any atom is -0.493 e. The van der Waals surface area contributed by atoms with Crippen LogP contribution in [-0.4, -0.2) is 25.3 Å². The fraction of sp³-hybridized carbons (Fsp3) is 0.231. The SMILES string of the molecule is CCCOc1ccccc1/C=N/NC(=O)c1ccc(OCc2ccccc2)c(OCC)c1. The molecule has 166 valence electrons. The molecule has 0 saturated carbocycles. The van der Waals surface area contributed by atoms with Gasteiger partial charge in [0.1, 0.15) is 12.4 Å². The Labute approximate surface area is 188 Å². The highest BCUT2D eigenvalue weighted by Crippen LogP contribution is 2.29. The number of rotatable bonds is 11. The van der Waals surface area contributed by atoms with Gasteiger partial charge in [-0.05, 0) is 49.2 Å². The average molecular weight is 433 g/mol. The van der Waals surface area contributed by atoms with Crippen LogP contribution < -0.4 is 19.6 Å². The van der Waals surface area contributed by atoms with E-state index in [4.69, 9.17) is 14.2 Å². The van der Waals surface area contributed by atoms with E-state index in [0.717, 1.165) is 23.3 Å². The Hall–Kier alpha value is -3.80. The number of nitrogens with zero attached hydrogens (tertiary/aromatic N) is 1. The van der Waals surface area contributed by atoms with E-state index in [-0.39, 0.29) is 5.91 Å². The van der Waals surface area contributed by atoms with Crippen LogP contribution in [0.4, 0.5) is 0 Å². The van der Waals surface area contributed by atoms with E-state index >= 15 is 0 Å². The quantitative estimate of drug-likeness (QED) is 0.333. The smallest absolute Gasteiger partial charge is 0.271 e. The van der Waals surface area contributed by atoms with Crippen LogP contribution in [0.15, 0.2) is 77.9 Å². The normalized spacial score (nSPS) is 10.7. The van der Waals surface area contributed by atoms with Crippen molar-refractivity contribution in [1.82, 2.24) is 5.43 Å². The number of carbonyl (C=O) groups excluding carboxylic acids is 1. The summed E-state index contributed by atoms with van der Waals surface area (Å²) in [6.07, 6.45) is 2.49. The summed E-state index contributed by atoms with van der Waals surface area (Å²) in [7, 11) is 0. The summed E-state index contributed by atoms with van der Waals surface area (Å²) >= 11 is 0. The van der Waals surface area contributed by atoms with Crippen molar-refractivity contribution in [3.63, 3.8) is 0 Å². The van der Waals surface area contributed by atoms with E-state index in [0.29, 0.717) is 36.9 Å². The number of hydrogen-bond acceptors (Lipinski definition) is 5. The van der Waals surface area contributed by atoms with Gasteiger partial charge in [0.05, 0.1) is 19.4 Å². The third-order valence-corrected chi connectivity index (χ3v) is 4.49. The van der Waals surface area contributed by atoms with E-state index in [2.05, 4.69) is 10.5 Å². The Morgan fingerprint density at radius 2 is 1.66 bits per heavy atom.